The minimum Gasteiger partial charge on any atom is -0.346 e. The number of benzene rings is 1. The van der Waals surface area contributed by atoms with E-state index in [1.54, 1.807) is 17.4 Å². The summed E-state index contributed by atoms with van der Waals surface area (Å²) in [4.78, 5) is 14.2. The summed E-state index contributed by atoms with van der Waals surface area (Å²) in [7, 11) is 0. The zero-order valence-corrected chi connectivity index (χ0v) is 13.0. The summed E-state index contributed by atoms with van der Waals surface area (Å²) in [6, 6.07) is 11.5. The van der Waals surface area contributed by atoms with Crippen LogP contribution in [0.2, 0.25) is 5.02 Å². The van der Waals surface area contributed by atoms with Crippen LogP contribution in [0.3, 0.4) is 0 Å². The summed E-state index contributed by atoms with van der Waals surface area (Å²) in [5.74, 6) is -0.0986. The van der Waals surface area contributed by atoms with E-state index in [4.69, 9.17) is 11.6 Å². The summed E-state index contributed by atoms with van der Waals surface area (Å²) in [6.45, 7) is 3.99. The number of hydrogen-bond donors (Lipinski definition) is 1. The topological polar surface area (TPSA) is 29.1 Å². The molecule has 1 N–H and O–H groups in total. The lowest BCUT2D eigenvalue weighted by Crippen LogP contribution is -2.24. The zero-order chi connectivity index (χ0) is 14.5. The van der Waals surface area contributed by atoms with Crippen molar-refractivity contribution in [3.05, 3.63) is 62.8 Å². The highest BCUT2D eigenvalue weighted by atomic mass is 35.5. The van der Waals surface area contributed by atoms with Gasteiger partial charge in [-0.05, 0) is 49.8 Å². The number of halogens is 1. The Bertz CT molecular complexity index is 616. The van der Waals surface area contributed by atoms with Crippen LogP contribution in [-0.4, -0.2) is 5.91 Å². The molecule has 0 spiro atoms. The van der Waals surface area contributed by atoms with Crippen molar-refractivity contribution in [2.24, 2.45) is 0 Å². The Morgan fingerprint density at radius 1 is 1.25 bits per heavy atom. The molecule has 2 aromatic rings. The van der Waals surface area contributed by atoms with E-state index in [9.17, 15) is 4.79 Å². The molecule has 1 heterocycles. The quantitative estimate of drug-likeness (QED) is 0.822. The molecular weight excluding hydrogens is 290 g/mol. The van der Waals surface area contributed by atoms with Crippen LogP contribution < -0.4 is 5.32 Å². The summed E-state index contributed by atoms with van der Waals surface area (Å²) in [5, 5.41) is 3.62. The van der Waals surface area contributed by atoms with Gasteiger partial charge in [0.15, 0.2) is 0 Å². The van der Waals surface area contributed by atoms with Gasteiger partial charge < -0.3 is 5.32 Å². The largest absolute Gasteiger partial charge is 0.346 e. The Labute approximate surface area is 128 Å². The Balaban J connectivity index is 1.94. The van der Waals surface area contributed by atoms with E-state index >= 15 is 0 Å². The zero-order valence-electron chi connectivity index (χ0n) is 11.4. The summed E-state index contributed by atoms with van der Waals surface area (Å²) in [6.07, 6.45) is 3.40. The van der Waals surface area contributed by atoms with Gasteiger partial charge in [0, 0.05) is 20.9 Å². The second-order valence-corrected chi connectivity index (χ2v) is 6.32. The first kappa shape index (κ1) is 14.8. The van der Waals surface area contributed by atoms with Crippen molar-refractivity contribution in [2.45, 2.75) is 19.9 Å². The molecule has 104 valence electrons. The van der Waals surface area contributed by atoms with Crippen LogP contribution >= 0.6 is 22.9 Å². The van der Waals surface area contributed by atoms with E-state index in [0.29, 0.717) is 5.02 Å². The van der Waals surface area contributed by atoms with Gasteiger partial charge in [0.05, 0.1) is 6.04 Å². The molecule has 2 rings (SSSR count). The Morgan fingerprint density at radius 3 is 2.55 bits per heavy atom. The predicted octanol–water partition coefficient (Wildman–Crippen LogP) is 4.60. The molecule has 0 unspecified atom stereocenters. The van der Waals surface area contributed by atoms with Gasteiger partial charge in [-0.25, -0.2) is 0 Å². The highest BCUT2D eigenvalue weighted by molar-refractivity contribution is 7.12. The second-order valence-electron chi connectivity index (χ2n) is 4.56. The number of rotatable bonds is 4. The van der Waals surface area contributed by atoms with Gasteiger partial charge in [-0.3, -0.25) is 4.79 Å². The van der Waals surface area contributed by atoms with Gasteiger partial charge >= 0.3 is 0 Å². The molecule has 0 aliphatic rings. The lowest BCUT2D eigenvalue weighted by molar-refractivity contribution is -0.117. The van der Waals surface area contributed by atoms with Gasteiger partial charge in [-0.1, -0.05) is 23.7 Å². The number of aryl methyl sites for hydroxylation is 1. The van der Waals surface area contributed by atoms with Crippen molar-refractivity contribution in [3.63, 3.8) is 0 Å². The fraction of sp³-hybridized carbons (Fsp3) is 0.188. The monoisotopic (exact) mass is 305 g/mol. The smallest absolute Gasteiger partial charge is 0.244 e. The summed E-state index contributed by atoms with van der Waals surface area (Å²) < 4.78 is 0. The van der Waals surface area contributed by atoms with Crippen LogP contribution in [0.1, 0.15) is 28.3 Å². The first-order valence-electron chi connectivity index (χ1n) is 6.35. The third kappa shape index (κ3) is 4.22. The van der Waals surface area contributed by atoms with Gasteiger partial charge in [-0.15, -0.1) is 11.3 Å². The molecule has 0 bridgehead atoms. The Hall–Kier alpha value is -1.58. The first-order chi connectivity index (χ1) is 9.54. The predicted molar refractivity (Wildman–Crippen MR) is 86.1 cm³/mol. The van der Waals surface area contributed by atoms with Crippen molar-refractivity contribution in [2.75, 3.05) is 0 Å². The number of nitrogens with one attached hydrogen (secondary N) is 1. The fourth-order valence-electron chi connectivity index (χ4n) is 1.80. The summed E-state index contributed by atoms with van der Waals surface area (Å²) in [5.41, 5.74) is 1.03. The van der Waals surface area contributed by atoms with Crippen LogP contribution in [0.4, 0.5) is 0 Å². The molecule has 0 fully saturated rings. The van der Waals surface area contributed by atoms with Crippen LogP contribution in [0, 0.1) is 6.92 Å². The van der Waals surface area contributed by atoms with E-state index in [-0.39, 0.29) is 11.9 Å². The van der Waals surface area contributed by atoms with Gasteiger partial charge in [0.2, 0.25) is 5.91 Å². The van der Waals surface area contributed by atoms with Crippen molar-refractivity contribution in [1.29, 1.82) is 0 Å². The van der Waals surface area contributed by atoms with E-state index in [1.807, 2.05) is 56.3 Å². The standard InChI is InChI=1S/C16H16ClNOS/c1-11-3-8-15(20-11)9-10-16(19)18-12(2)13-4-6-14(17)7-5-13/h3-10,12H,1-2H3,(H,18,19)/b10-9+/t12-/m1/s1. The minimum absolute atomic E-state index is 0.0468. The number of hydrogen-bond acceptors (Lipinski definition) is 2. The molecule has 1 atom stereocenters. The highest BCUT2D eigenvalue weighted by Gasteiger charge is 2.07. The van der Waals surface area contributed by atoms with Crippen molar-refractivity contribution >= 4 is 34.9 Å². The molecule has 0 aliphatic carbocycles. The molecule has 0 saturated carbocycles. The molecular formula is C16H16ClNOS. The first-order valence-corrected chi connectivity index (χ1v) is 7.54. The maximum atomic E-state index is 11.9. The molecule has 0 radical (unpaired) electrons. The van der Waals surface area contributed by atoms with Crippen LogP contribution in [0.25, 0.3) is 6.08 Å². The molecule has 0 aliphatic heterocycles. The highest BCUT2D eigenvalue weighted by Crippen LogP contribution is 2.17. The second kappa shape index (κ2) is 6.73. The maximum absolute atomic E-state index is 11.9. The number of carbonyl (C=O) groups excluding carboxylic acids is 1. The molecule has 2 nitrogen and oxygen atoms in total. The Morgan fingerprint density at radius 2 is 1.95 bits per heavy atom. The lowest BCUT2D eigenvalue weighted by atomic mass is 10.1. The van der Waals surface area contributed by atoms with E-state index in [0.717, 1.165) is 10.4 Å². The molecule has 20 heavy (non-hydrogen) atoms. The van der Waals surface area contributed by atoms with E-state index in [2.05, 4.69) is 5.32 Å². The van der Waals surface area contributed by atoms with Crippen molar-refractivity contribution < 1.29 is 4.79 Å². The molecule has 1 aromatic carbocycles. The van der Waals surface area contributed by atoms with Gasteiger partial charge in [-0.2, -0.15) is 0 Å². The van der Waals surface area contributed by atoms with Crippen molar-refractivity contribution in [3.8, 4) is 0 Å². The molecule has 1 aromatic heterocycles. The van der Waals surface area contributed by atoms with Crippen molar-refractivity contribution in [1.82, 2.24) is 5.32 Å². The average Bonchev–Trinajstić information content (AvgIpc) is 2.83. The molecule has 4 heteroatoms. The Kier molecular flexibility index (Phi) is 4.99. The molecule has 0 saturated heterocycles. The third-order valence-corrected chi connectivity index (χ3v) is 4.11. The SMILES string of the molecule is Cc1ccc(/C=C/C(=O)N[C@H](C)c2ccc(Cl)cc2)s1. The summed E-state index contributed by atoms with van der Waals surface area (Å²) >= 11 is 7.51. The normalized spacial score (nSPS) is 12.6. The lowest BCUT2D eigenvalue weighted by Gasteiger charge is -2.12. The number of thiophene rings is 1. The fourth-order valence-corrected chi connectivity index (χ4v) is 2.70. The van der Waals surface area contributed by atoms with Crippen LogP contribution in [0.5, 0.6) is 0 Å². The average molecular weight is 306 g/mol. The van der Waals surface area contributed by atoms with Gasteiger partial charge in [0.1, 0.15) is 0 Å². The third-order valence-electron chi connectivity index (χ3n) is 2.89. The number of carbonyl (C=O) groups is 1. The van der Waals surface area contributed by atoms with Gasteiger partial charge in [0.25, 0.3) is 0 Å². The minimum atomic E-state index is -0.0986. The van der Waals surface area contributed by atoms with E-state index < -0.39 is 0 Å². The maximum Gasteiger partial charge on any atom is 0.244 e. The van der Waals surface area contributed by atoms with Crippen LogP contribution in [0.15, 0.2) is 42.5 Å². The van der Waals surface area contributed by atoms with Crippen LogP contribution in [-0.2, 0) is 4.79 Å². The number of amides is 1. The molecule has 1 amide bonds. The van der Waals surface area contributed by atoms with E-state index in [1.165, 1.54) is 4.88 Å².